The monoisotopic (exact) mass is 851 g/mol. The zero-order valence-electron chi connectivity index (χ0n) is 38.0. The lowest BCUT2D eigenvalue weighted by Crippen LogP contribution is -2.15. The average Bonchev–Trinajstić information content (AvgIpc) is 3.27. The van der Waals surface area contributed by atoms with Crippen LogP contribution in [0.5, 0.6) is 23.0 Å². The number of rotatable bonds is 16. The highest BCUT2D eigenvalue weighted by Gasteiger charge is 2.22. The van der Waals surface area contributed by atoms with Gasteiger partial charge in [-0.05, 0) is 57.3 Å². The zero-order chi connectivity index (χ0) is 42.9. The van der Waals surface area contributed by atoms with Crippen LogP contribution in [0.4, 0.5) is 0 Å². The molecule has 0 saturated carbocycles. The van der Waals surface area contributed by atoms with Crippen molar-refractivity contribution in [1.82, 2.24) is 0 Å². The predicted molar refractivity (Wildman–Crippen MR) is 249 cm³/mol. The van der Waals surface area contributed by atoms with Crippen LogP contribution in [0.1, 0.15) is 135 Å². The quantitative estimate of drug-likeness (QED) is 0.0909. The van der Waals surface area contributed by atoms with Gasteiger partial charge in [0.25, 0.3) is 0 Å². The van der Waals surface area contributed by atoms with E-state index in [1.54, 1.807) is 0 Å². The van der Waals surface area contributed by atoms with Crippen LogP contribution < -0.4 is 18.9 Å². The first kappa shape index (κ1) is 47.4. The SMILES string of the molecule is CCCCCCCCOc1c2cccc1Cc1cccc3c1OCCOCCOCCOCCOCCOc1c(cccc1Cc1cccc(c1OCCCCCCCC)C3)C2. The summed E-state index contributed by atoms with van der Waals surface area (Å²) in [5.74, 6) is 3.75. The van der Waals surface area contributed by atoms with Gasteiger partial charge >= 0.3 is 0 Å². The van der Waals surface area contributed by atoms with Gasteiger partial charge in [-0.25, -0.2) is 0 Å². The highest BCUT2D eigenvalue weighted by molar-refractivity contribution is 5.56. The highest BCUT2D eigenvalue weighted by atomic mass is 16.6. The van der Waals surface area contributed by atoms with Crippen molar-refractivity contribution >= 4 is 0 Å². The molecule has 0 unspecified atom stereocenters. The van der Waals surface area contributed by atoms with Crippen LogP contribution >= 0.6 is 0 Å². The molecule has 8 nitrogen and oxygen atoms in total. The molecule has 4 aromatic carbocycles. The molecule has 338 valence electrons. The van der Waals surface area contributed by atoms with Gasteiger partial charge in [-0.3, -0.25) is 0 Å². The number of fused-ring (bicyclic) bond motifs is 2. The number of unbranched alkanes of at least 4 members (excludes halogenated alkanes) is 10. The van der Waals surface area contributed by atoms with Crippen molar-refractivity contribution < 1.29 is 37.9 Å². The summed E-state index contributed by atoms with van der Waals surface area (Å²) in [4.78, 5) is 0. The van der Waals surface area contributed by atoms with E-state index in [1.807, 2.05) is 0 Å². The molecule has 0 atom stereocenters. The Hall–Kier alpha value is -4.08. The number of hydrogen-bond donors (Lipinski definition) is 0. The molecule has 2 aliphatic rings. The number of para-hydroxylation sites is 4. The Kier molecular flexibility index (Phi) is 21.3. The maximum Gasteiger partial charge on any atom is 0.126 e. The first-order valence-electron chi connectivity index (χ1n) is 24.0. The molecule has 0 aromatic heterocycles. The summed E-state index contributed by atoms with van der Waals surface area (Å²) in [6, 6.07) is 26.4. The molecule has 62 heavy (non-hydrogen) atoms. The van der Waals surface area contributed by atoms with Crippen LogP contribution in [0.3, 0.4) is 0 Å². The summed E-state index contributed by atoms with van der Waals surface area (Å²) in [5, 5.41) is 0. The van der Waals surface area contributed by atoms with E-state index in [4.69, 9.17) is 37.9 Å². The largest absolute Gasteiger partial charge is 0.493 e. The summed E-state index contributed by atoms with van der Waals surface area (Å²) in [6.07, 6.45) is 17.2. The third kappa shape index (κ3) is 15.3. The van der Waals surface area contributed by atoms with Crippen molar-refractivity contribution in [2.45, 2.75) is 117 Å². The minimum atomic E-state index is 0.424. The molecule has 0 radical (unpaired) electrons. The van der Waals surface area contributed by atoms with E-state index in [2.05, 4.69) is 86.6 Å². The fraction of sp³-hybridized carbons (Fsp3) is 0.556. The van der Waals surface area contributed by atoms with E-state index in [0.29, 0.717) is 105 Å². The summed E-state index contributed by atoms with van der Waals surface area (Å²) < 4.78 is 50.8. The Balaban J connectivity index is 1.41. The van der Waals surface area contributed by atoms with Gasteiger partial charge < -0.3 is 37.9 Å². The normalized spacial score (nSPS) is 15.6. The van der Waals surface area contributed by atoms with Gasteiger partial charge in [-0.1, -0.05) is 151 Å². The van der Waals surface area contributed by atoms with Crippen molar-refractivity contribution in [3.63, 3.8) is 0 Å². The molecule has 0 spiro atoms. The molecular weight excluding hydrogens is 777 g/mol. The highest BCUT2D eigenvalue weighted by Crippen LogP contribution is 2.39. The summed E-state index contributed by atoms with van der Waals surface area (Å²) in [6.45, 7) is 10.6. The Morgan fingerprint density at radius 3 is 0.935 bits per heavy atom. The molecule has 1 heterocycles. The molecule has 0 N–H and O–H groups in total. The van der Waals surface area contributed by atoms with Crippen LogP contribution in [0.25, 0.3) is 0 Å². The van der Waals surface area contributed by atoms with Gasteiger partial charge in [0.1, 0.15) is 36.2 Å². The minimum absolute atomic E-state index is 0.424. The molecule has 6 rings (SSSR count). The lowest BCUT2D eigenvalue weighted by atomic mass is 9.91. The van der Waals surface area contributed by atoms with Crippen LogP contribution in [0, 0.1) is 0 Å². The van der Waals surface area contributed by atoms with Crippen molar-refractivity contribution in [1.29, 1.82) is 0 Å². The van der Waals surface area contributed by atoms with Gasteiger partial charge in [0.15, 0.2) is 0 Å². The van der Waals surface area contributed by atoms with Crippen molar-refractivity contribution in [3.8, 4) is 23.0 Å². The van der Waals surface area contributed by atoms with Crippen molar-refractivity contribution in [3.05, 3.63) is 117 Å². The maximum atomic E-state index is 6.88. The van der Waals surface area contributed by atoms with Gasteiger partial charge in [0.2, 0.25) is 0 Å². The molecule has 0 amide bonds. The smallest absolute Gasteiger partial charge is 0.126 e. The van der Waals surface area contributed by atoms with Crippen LogP contribution in [-0.4, -0.2) is 79.3 Å². The lowest BCUT2D eigenvalue weighted by molar-refractivity contribution is -0.00706. The number of benzene rings is 4. The van der Waals surface area contributed by atoms with Crippen LogP contribution in [0.15, 0.2) is 72.8 Å². The fourth-order valence-electron chi connectivity index (χ4n) is 8.51. The van der Waals surface area contributed by atoms with Gasteiger partial charge in [0.05, 0.1) is 66.1 Å². The topological polar surface area (TPSA) is 73.8 Å². The van der Waals surface area contributed by atoms with Gasteiger partial charge in [-0.15, -0.1) is 0 Å². The van der Waals surface area contributed by atoms with E-state index >= 15 is 0 Å². The van der Waals surface area contributed by atoms with Crippen LogP contribution in [-0.2, 0) is 44.6 Å². The molecule has 8 heteroatoms. The van der Waals surface area contributed by atoms with Gasteiger partial charge in [0, 0.05) is 25.7 Å². The first-order chi connectivity index (χ1) is 30.7. The second-order valence-corrected chi connectivity index (χ2v) is 16.7. The lowest BCUT2D eigenvalue weighted by Gasteiger charge is -2.23. The standard InChI is InChI=1S/C54H74O8/c1-3-5-7-9-11-13-27-59-51-43-19-15-20-44(51)40-48-24-18-26-50-42-46-22-16-21-45(52(46)60-28-14-12-10-8-6-4-2)41-49-25-17-23-47(39-43)53(49)61-37-35-57-33-31-55-29-30-56-32-34-58-36-38-62-54(48)50/h15-26H,3-14,27-42H2,1-2H3. The average molecular weight is 851 g/mol. The maximum absolute atomic E-state index is 6.88. The number of ether oxygens (including phenoxy) is 8. The molecule has 4 aromatic rings. The molecular formula is C54H74O8. The van der Waals surface area contributed by atoms with E-state index in [1.165, 1.54) is 64.2 Å². The van der Waals surface area contributed by atoms with Crippen molar-refractivity contribution in [2.75, 3.05) is 79.3 Å². The Bertz CT molecular complexity index is 1650. The van der Waals surface area contributed by atoms with E-state index in [0.717, 1.165) is 80.3 Å². The minimum Gasteiger partial charge on any atom is -0.493 e. The van der Waals surface area contributed by atoms with Gasteiger partial charge in [-0.2, -0.15) is 0 Å². The zero-order valence-corrected chi connectivity index (χ0v) is 38.0. The van der Waals surface area contributed by atoms with E-state index < -0.39 is 0 Å². The van der Waals surface area contributed by atoms with Crippen molar-refractivity contribution in [2.24, 2.45) is 0 Å². The second kappa shape index (κ2) is 27.9. The Morgan fingerprint density at radius 2 is 0.613 bits per heavy atom. The Labute approximate surface area is 372 Å². The molecule has 0 saturated heterocycles. The molecule has 0 fully saturated rings. The van der Waals surface area contributed by atoms with Crippen LogP contribution in [0.2, 0.25) is 0 Å². The summed E-state index contributed by atoms with van der Waals surface area (Å²) in [7, 11) is 0. The third-order valence-corrected chi connectivity index (χ3v) is 11.8. The second-order valence-electron chi connectivity index (χ2n) is 16.7. The molecule has 1 aliphatic heterocycles. The third-order valence-electron chi connectivity index (χ3n) is 11.8. The molecule has 10 bridgehead atoms. The molecule has 1 aliphatic carbocycles. The van der Waals surface area contributed by atoms with E-state index in [-0.39, 0.29) is 0 Å². The summed E-state index contributed by atoms with van der Waals surface area (Å²) in [5.41, 5.74) is 9.12. The van der Waals surface area contributed by atoms with E-state index in [9.17, 15) is 0 Å². The first-order valence-corrected chi connectivity index (χ1v) is 24.0. The Morgan fingerprint density at radius 1 is 0.339 bits per heavy atom. The fourth-order valence-corrected chi connectivity index (χ4v) is 8.51. The predicted octanol–water partition coefficient (Wildman–Crippen LogP) is 11.7. The number of hydrogen-bond acceptors (Lipinski definition) is 8. The summed E-state index contributed by atoms with van der Waals surface area (Å²) >= 11 is 0.